The molecule has 0 amide bonds. The van der Waals surface area contributed by atoms with Crippen molar-refractivity contribution in [2.75, 3.05) is 0 Å². The van der Waals surface area contributed by atoms with Gasteiger partial charge in [0.1, 0.15) is 5.65 Å². The molecule has 2 N–H and O–H groups in total. The number of nitrogens with zero attached hydrogens (tertiary/aromatic N) is 2. The van der Waals surface area contributed by atoms with Crippen LogP contribution in [-0.4, -0.2) is 25.7 Å². The average Bonchev–Trinajstić information content (AvgIpc) is 3.09. The molecule has 0 aliphatic carbocycles. The highest BCUT2D eigenvalue weighted by molar-refractivity contribution is 5.93. The van der Waals surface area contributed by atoms with Crippen molar-refractivity contribution in [3.8, 4) is 11.3 Å². The summed E-state index contributed by atoms with van der Waals surface area (Å²) in [6.45, 7) is 6.16. The second-order valence-corrected chi connectivity index (χ2v) is 7.95. The van der Waals surface area contributed by atoms with Gasteiger partial charge in [-0.05, 0) is 30.0 Å². The molecule has 154 valence electrons. The van der Waals surface area contributed by atoms with E-state index in [0.717, 1.165) is 16.5 Å². The lowest BCUT2D eigenvalue weighted by molar-refractivity contribution is -0.139. The minimum atomic E-state index is -1.00. The Morgan fingerprint density at radius 2 is 1.83 bits per heavy atom. The van der Waals surface area contributed by atoms with Crippen LogP contribution in [0.5, 0.6) is 0 Å². The number of carboxylic acids is 1. The second kappa shape index (κ2) is 7.78. The Labute approximate surface area is 174 Å². The number of rotatable bonds is 6. The molecule has 0 bridgehead atoms. The molecule has 0 aliphatic heterocycles. The fourth-order valence-corrected chi connectivity index (χ4v) is 4.02. The predicted octanol–water partition coefficient (Wildman–Crippen LogP) is 4.93. The molecule has 0 spiro atoms. The first kappa shape index (κ1) is 19.9. The lowest BCUT2D eigenvalue weighted by atomic mass is 9.91. The Balaban J connectivity index is 2.10. The van der Waals surface area contributed by atoms with E-state index in [4.69, 9.17) is 5.10 Å². The zero-order chi connectivity index (χ0) is 21.4. The van der Waals surface area contributed by atoms with Crippen molar-refractivity contribution < 1.29 is 9.90 Å². The van der Waals surface area contributed by atoms with E-state index in [0.29, 0.717) is 30.1 Å². The topological polar surface area (TPSA) is 87.5 Å². The van der Waals surface area contributed by atoms with Crippen LogP contribution in [-0.2, 0) is 4.79 Å². The molecule has 0 radical (unpaired) electrons. The van der Waals surface area contributed by atoms with Crippen LogP contribution < -0.4 is 5.56 Å². The number of aliphatic carboxylic acids is 1. The number of carboxylic acid groups (broad SMARTS) is 1. The summed E-state index contributed by atoms with van der Waals surface area (Å²) in [7, 11) is 0. The molecule has 4 aromatic rings. The first-order valence-corrected chi connectivity index (χ1v) is 10.3. The average molecular weight is 403 g/mol. The number of fused-ring (bicyclic) bond motifs is 3. The molecule has 4 rings (SSSR count). The highest BCUT2D eigenvalue weighted by atomic mass is 16.4. The standard InChI is InChI=1S/C24H25N3O3/c1-4-7-18(24(29)30)20-21(16-12-10-15(11-13-16)14(2)3)27-22(25-23(20)28)17-8-5-6-9-19(17)26-27/h5-6,8-14,18H,4,7H2,1-3H3,(H,25,28)(H,29,30). The molecule has 30 heavy (non-hydrogen) atoms. The monoisotopic (exact) mass is 403 g/mol. The third kappa shape index (κ3) is 3.28. The number of H-pyrrole nitrogens is 1. The van der Waals surface area contributed by atoms with E-state index in [1.165, 1.54) is 5.56 Å². The Kier molecular flexibility index (Phi) is 5.16. The fraction of sp³-hybridized carbons (Fsp3) is 0.292. The molecule has 2 aromatic carbocycles. The minimum absolute atomic E-state index is 0.252. The van der Waals surface area contributed by atoms with E-state index in [9.17, 15) is 14.7 Å². The number of aromatic nitrogens is 3. The maximum absolute atomic E-state index is 13.2. The van der Waals surface area contributed by atoms with Crippen LogP contribution in [0.25, 0.3) is 27.8 Å². The second-order valence-electron chi connectivity index (χ2n) is 7.95. The van der Waals surface area contributed by atoms with Gasteiger partial charge in [-0.3, -0.25) is 9.59 Å². The third-order valence-corrected chi connectivity index (χ3v) is 5.60. The number of hydrogen-bond donors (Lipinski definition) is 2. The van der Waals surface area contributed by atoms with Gasteiger partial charge in [0.25, 0.3) is 5.56 Å². The summed E-state index contributed by atoms with van der Waals surface area (Å²) in [5, 5.41) is 15.4. The molecule has 0 saturated heterocycles. The van der Waals surface area contributed by atoms with Crippen LogP contribution in [0.3, 0.4) is 0 Å². The molecule has 0 fully saturated rings. The normalized spacial score (nSPS) is 12.7. The Hall–Kier alpha value is -3.41. The summed E-state index contributed by atoms with van der Waals surface area (Å²) in [6.07, 6.45) is 1.03. The molecular formula is C24H25N3O3. The van der Waals surface area contributed by atoms with Crippen LogP contribution in [0.15, 0.2) is 53.3 Å². The van der Waals surface area contributed by atoms with Crippen molar-refractivity contribution in [1.29, 1.82) is 0 Å². The van der Waals surface area contributed by atoms with Crippen molar-refractivity contribution in [1.82, 2.24) is 14.6 Å². The Bertz CT molecular complexity index is 1280. The zero-order valence-electron chi connectivity index (χ0n) is 17.3. The summed E-state index contributed by atoms with van der Waals surface area (Å²) in [5.74, 6) is -1.54. The van der Waals surface area contributed by atoms with E-state index in [1.807, 2.05) is 55.5 Å². The molecule has 0 aliphatic rings. The van der Waals surface area contributed by atoms with Gasteiger partial charge in [-0.2, -0.15) is 5.10 Å². The van der Waals surface area contributed by atoms with Gasteiger partial charge in [-0.1, -0.05) is 63.6 Å². The van der Waals surface area contributed by atoms with E-state index < -0.39 is 11.9 Å². The largest absolute Gasteiger partial charge is 0.481 e. The van der Waals surface area contributed by atoms with Crippen LogP contribution in [0.4, 0.5) is 0 Å². The van der Waals surface area contributed by atoms with Gasteiger partial charge in [0, 0.05) is 10.9 Å². The van der Waals surface area contributed by atoms with Gasteiger partial charge in [-0.15, -0.1) is 0 Å². The number of benzene rings is 2. The lowest BCUT2D eigenvalue weighted by Crippen LogP contribution is -2.25. The lowest BCUT2D eigenvalue weighted by Gasteiger charge is -2.17. The summed E-state index contributed by atoms with van der Waals surface area (Å²) >= 11 is 0. The zero-order valence-corrected chi connectivity index (χ0v) is 17.3. The van der Waals surface area contributed by atoms with Crippen LogP contribution in [0, 0.1) is 0 Å². The van der Waals surface area contributed by atoms with Gasteiger partial charge in [0.2, 0.25) is 0 Å². The molecule has 1 atom stereocenters. The maximum atomic E-state index is 13.2. The maximum Gasteiger partial charge on any atom is 0.311 e. The smallest absolute Gasteiger partial charge is 0.311 e. The van der Waals surface area contributed by atoms with Gasteiger partial charge >= 0.3 is 5.97 Å². The number of hydrogen-bond acceptors (Lipinski definition) is 3. The highest BCUT2D eigenvalue weighted by Crippen LogP contribution is 2.32. The van der Waals surface area contributed by atoms with Gasteiger partial charge in [0.15, 0.2) is 0 Å². The quantitative estimate of drug-likeness (QED) is 0.478. The molecule has 2 heterocycles. The van der Waals surface area contributed by atoms with E-state index in [2.05, 4.69) is 18.8 Å². The van der Waals surface area contributed by atoms with Crippen molar-refractivity contribution in [3.05, 3.63) is 70.0 Å². The predicted molar refractivity (Wildman–Crippen MR) is 118 cm³/mol. The van der Waals surface area contributed by atoms with Crippen molar-refractivity contribution in [3.63, 3.8) is 0 Å². The third-order valence-electron chi connectivity index (χ3n) is 5.60. The van der Waals surface area contributed by atoms with Crippen LogP contribution in [0.2, 0.25) is 0 Å². The fourth-order valence-electron chi connectivity index (χ4n) is 4.02. The summed E-state index contributed by atoms with van der Waals surface area (Å²) in [6, 6.07) is 15.5. The summed E-state index contributed by atoms with van der Waals surface area (Å²) in [5.41, 5.74) is 3.69. The van der Waals surface area contributed by atoms with Crippen molar-refractivity contribution >= 4 is 22.5 Å². The van der Waals surface area contributed by atoms with Gasteiger partial charge in [0.05, 0.1) is 22.7 Å². The van der Waals surface area contributed by atoms with E-state index >= 15 is 0 Å². The summed E-state index contributed by atoms with van der Waals surface area (Å²) < 4.78 is 1.69. The van der Waals surface area contributed by atoms with E-state index in [1.54, 1.807) is 4.52 Å². The SMILES string of the molecule is CCCC(C(=O)O)c1c(-c2ccc(C(C)C)cc2)n2nc3ccccc3c2[nH]c1=O. The Morgan fingerprint density at radius 3 is 2.47 bits per heavy atom. The van der Waals surface area contributed by atoms with Crippen molar-refractivity contribution in [2.45, 2.75) is 45.4 Å². The van der Waals surface area contributed by atoms with Gasteiger partial charge in [-0.25, -0.2) is 4.52 Å². The van der Waals surface area contributed by atoms with Crippen molar-refractivity contribution in [2.24, 2.45) is 0 Å². The number of carbonyl (C=O) groups is 1. The van der Waals surface area contributed by atoms with Gasteiger partial charge < -0.3 is 10.1 Å². The molecule has 2 aromatic heterocycles. The molecule has 6 nitrogen and oxygen atoms in total. The number of nitrogens with one attached hydrogen (secondary N) is 1. The molecule has 1 unspecified atom stereocenters. The van der Waals surface area contributed by atoms with E-state index in [-0.39, 0.29) is 11.1 Å². The number of aromatic amines is 1. The summed E-state index contributed by atoms with van der Waals surface area (Å²) in [4.78, 5) is 28.2. The van der Waals surface area contributed by atoms with Crippen LogP contribution in [0.1, 0.15) is 56.6 Å². The molecular weight excluding hydrogens is 378 g/mol. The first-order valence-electron chi connectivity index (χ1n) is 10.3. The molecule has 6 heteroatoms. The molecule has 0 saturated carbocycles. The first-order chi connectivity index (χ1) is 14.4. The highest BCUT2D eigenvalue weighted by Gasteiger charge is 2.29. The van der Waals surface area contributed by atoms with Crippen LogP contribution >= 0.6 is 0 Å². The minimum Gasteiger partial charge on any atom is -0.481 e. The Morgan fingerprint density at radius 1 is 1.13 bits per heavy atom.